The molecule has 1 aromatic rings. The highest BCUT2D eigenvalue weighted by Crippen LogP contribution is 2.08. The van der Waals surface area contributed by atoms with E-state index < -0.39 is 0 Å². The molecule has 3 heteroatoms. The summed E-state index contributed by atoms with van der Waals surface area (Å²) >= 11 is 0. The number of ether oxygens (including phenoxy) is 1. The predicted molar refractivity (Wildman–Crippen MR) is 65.3 cm³/mol. The van der Waals surface area contributed by atoms with E-state index in [1.165, 1.54) is 5.56 Å². The lowest BCUT2D eigenvalue weighted by Gasteiger charge is -2.05. The number of rotatable bonds is 7. The van der Waals surface area contributed by atoms with E-state index in [2.05, 4.69) is 19.1 Å². The second-order valence-electron chi connectivity index (χ2n) is 3.94. The molecule has 0 aliphatic heterocycles. The minimum Gasteiger partial charge on any atom is -0.369 e. The lowest BCUT2D eigenvalue weighted by atomic mass is 10.1. The fraction of sp³-hybridized carbons (Fsp3) is 0.429. The monoisotopic (exact) mass is 231 g/mol. The third-order valence-corrected chi connectivity index (χ3v) is 2.34. The molecule has 3 nitrogen and oxygen atoms in total. The van der Waals surface area contributed by atoms with Gasteiger partial charge >= 0.3 is 0 Å². The zero-order valence-corrected chi connectivity index (χ0v) is 10.1. The van der Waals surface area contributed by atoms with Gasteiger partial charge in [0.1, 0.15) is 6.61 Å². The van der Waals surface area contributed by atoms with Crippen LogP contribution in [-0.4, -0.2) is 12.4 Å². The maximum absolute atomic E-state index is 11.1. The van der Waals surface area contributed by atoms with Crippen LogP contribution in [0.2, 0.25) is 0 Å². The van der Waals surface area contributed by atoms with Crippen LogP contribution in [0.5, 0.6) is 0 Å². The van der Waals surface area contributed by atoms with Crippen molar-refractivity contribution >= 4 is 5.78 Å². The molecule has 17 heavy (non-hydrogen) atoms. The molecule has 0 unspecified atom stereocenters. The summed E-state index contributed by atoms with van der Waals surface area (Å²) in [7, 11) is 0. The summed E-state index contributed by atoms with van der Waals surface area (Å²) in [5.41, 5.74) is 2.36. The zero-order chi connectivity index (χ0) is 12.5. The number of benzene rings is 1. The van der Waals surface area contributed by atoms with Gasteiger partial charge in [-0.05, 0) is 17.5 Å². The Balaban J connectivity index is 2.39. The Morgan fingerprint density at radius 2 is 2.18 bits per heavy atom. The van der Waals surface area contributed by atoms with E-state index in [4.69, 9.17) is 10.00 Å². The molecule has 1 rings (SSSR count). The van der Waals surface area contributed by atoms with E-state index in [-0.39, 0.29) is 18.8 Å². The Morgan fingerprint density at radius 3 is 2.88 bits per heavy atom. The van der Waals surface area contributed by atoms with Gasteiger partial charge in [-0.2, -0.15) is 5.26 Å². The van der Waals surface area contributed by atoms with Gasteiger partial charge in [0.05, 0.1) is 19.1 Å². The van der Waals surface area contributed by atoms with Crippen molar-refractivity contribution < 1.29 is 9.53 Å². The average molecular weight is 231 g/mol. The molecule has 0 saturated heterocycles. The number of carbonyl (C=O) groups excluding carboxylic acids is 1. The van der Waals surface area contributed by atoms with E-state index in [0.29, 0.717) is 6.61 Å². The topological polar surface area (TPSA) is 50.1 Å². The van der Waals surface area contributed by atoms with Crippen LogP contribution in [0.4, 0.5) is 0 Å². The van der Waals surface area contributed by atoms with Gasteiger partial charge in [0.2, 0.25) is 0 Å². The normalized spacial score (nSPS) is 9.88. The van der Waals surface area contributed by atoms with Crippen LogP contribution in [0.25, 0.3) is 0 Å². The molecule has 1 aromatic carbocycles. The number of hydrogen-bond donors (Lipinski definition) is 0. The first-order valence-electron chi connectivity index (χ1n) is 5.80. The van der Waals surface area contributed by atoms with Gasteiger partial charge in [0, 0.05) is 0 Å². The molecule has 0 bridgehead atoms. The number of Topliss-reactive ketones (excluding diaryl/α,β-unsaturated/α-hetero) is 1. The van der Waals surface area contributed by atoms with Gasteiger partial charge < -0.3 is 4.74 Å². The van der Waals surface area contributed by atoms with Crippen molar-refractivity contribution in [3.05, 3.63) is 35.4 Å². The Hall–Kier alpha value is -1.66. The molecule has 0 aliphatic rings. The van der Waals surface area contributed by atoms with Gasteiger partial charge in [-0.25, -0.2) is 0 Å². The van der Waals surface area contributed by atoms with Gasteiger partial charge in [0.25, 0.3) is 0 Å². The Kier molecular flexibility index (Phi) is 5.98. The van der Waals surface area contributed by atoms with Crippen LogP contribution in [0, 0.1) is 11.3 Å². The fourth-order valence-electron chi connectivity index (χ4n) is 1.59. The van der Waals surface area contributed by atoms with Crippen LogP contribution in [0.3, 0.4) is 0 Å². The molecule has 0 atom stereocenters. The van der Waals surface area contributed by atoms with Crippen LogP contribution >= 0.6 is 0 Å². The van der Waals surface area contributed by atoms with E-state index in [1.807, 2.05) is 18.2 Å². The van der Waals surface area contributed by atoms with E-state index >= 15 is 0 Å². The zero-order valence-electron chi connectivity index (χ0n) is 10.1. The number of nitriles is 1. The highest BCUT2D eigenvalue weighted by atomic mass is 16.5. The van der Waals surface area contributed by atoms with Crippen molar-refractivity contribution in [3.8, 4) is 6.07 Å². The highest BCUT2D eigenvalue weighted by molar-refractivity contribution is 5.81. The van der Waals surface area contributed by atoms with Crippen molar-refractivity contribution in [2.75, 3.05) is 6.61 Å². The number of ketones is 1. The first-order chi connectivity index (χ1) is 8.26. The summed E-state index contributed by atoms with van der Waals surface area (Å²) in [6.45, 7) is 2.59. The third kappa shape index (κ3) is 5.28. The van der Waals surface area contributed by atoms with E-state index in [1.54, 1.807) is 0 Å². The van der Waals surface area contributed by atoms with Gasteiger partial charge in [-0.15, -0.1) is 0 Å². The lowest BCUT2D eigenvalue weighted by molar-refractivity contribution is -0.123. The van der Waals surface area contributed by atoms with Gasteiger partial charge in [0.15, 0.2) is 5.78 Å². The number of carbonyl (C=O) groups is 1. The minimum absolute atomic E-state index is 0.0194. The smallest absolute Gasteiger partial charge is 0.172 e. The first-order valence-corrected chi connectivity index (χ1v) is 5.80. The summed E-state index contributed by atoms with van der Waals surface area (Å²) < 4.78 is 5.27. The molecule has 0 radical (unpaired) electrons. The van der Waals surface area contributed by atoms with E-state index in [9.17, 15) is 4.79 Å². The quantitative estimate of drug-likeness (QED) is 0.724. The Bertz CT molecular complexity index is 407. The summed E-state index contributed by atoms with van der Waals surface area (Å²) in [5.74, 6) is -0.169. The van der Waals surface area contributed by atoms with Gasteiger partial charge in [-0.1, -0.05) is 37.6 Å². The fourth-order valence-corrected chi connectivity index (χ4v) is 1.59. The summed E-state index contributed by atoms with van der Waals surface area (Å²) in [6.07, 6.45) is 2.10. The summed E-state index contributed by atoms with van der Waals surface area (Å²) in [5, 5.41) is 8.32. The predicted octanol–water partition coefficient (Wildman–Crippen LogP) is 2.64. The molecule has 0 fully saturated rings. The molecular weight excluding hydrogens is 214 g/mol. The molecule has 0 saturated carbocycles. The number of nitrogens with zero attached hydrogens (tertiary/aromatic N) is 1. The van der Waals surface area contributed by atoms with Crippen molar-refractivity contribution in [1.82, 2.24) is 0 Å². The standard InChI is InChI=1S/C14H17NO2/c1-2-4-12-5-3-6-13(9-12)10-17-11-14(16)7-8-15/h3,5-6,9H,2,4,7,10-11H2,1H3. The summed E-state index contributed by atoms with van der Waals surface area (Å²) in [4.78, 5) is 11.1. The molecule has 0 N–H and O–H groups in total. The largest absolute Gasteiger partial charge is 0.369 e. The van der Waals surface area contributed by atoms with Gasteiger partial charge in [-0.3, -0.25) is 4.79 Å². The molecule has 0 heterocycles. The second-order valence-corrected chi connectivity index (χ2v) is 3.94. The Morgan fingerprint density at radius 1 is 1.41 bits per heavy atom. The van der Waals surface area contributed by atoms with Crippen LogP contribution in [0.15, 0.2) is 24.3 Å². The molecule has 0 amide bonds. The molecule has 0 spiro atoms. The van der Waals surface area contributed by atoms with Crippen LogP contribution in [0.1, 0.15) is 30.9 Å². The number of hydrogen-bond acceptors (Lipinski definition) is 3. The van der Waals surface area contributed by atoms with Crippen molar-refractivity contribution in [2.24, 2.45) is 0 Å². The second kappa shape index (κ2) is 7.59. The van der Waals surface area contributed by atoms with Crippen molar-refractivity contribution in [2.45, 2.75) is 32.8 Å². The maximum atomic E-state index is 11.1. The van der Waals surface area contributed by atoms with Crippen molar-refractivity contribution in [1.29, 1.82) is 5.26 Å². The van der Waals surface area contributed by atoms with E-state index in [0.717, 1.165) is 18.4 Å². The highest BCUT2D eigenvalue weighted by Gasteiger charge is 2.01. The first kappa shape index (κ1) is 13.4. The summed E-state index contributed by atoms with van der Waals surface area (Å²) in [6, 6.07) is 9.98. The Labute approximate surface area is 102 Å². The molecule has 0 aliphatic carbocycles. The third-order valence-electron chi connectivity index (χ3n) is 2.34. The number of aryl methyl sites for hydroxylation is 1. The van der Waals surface area contributed by atoms with Crippen molar-refractivity contribution in [3.63, 3.8) is 0 Å². The molecule has 0 aromatic heterocycles. The lowest BCUT2D eigenvalue weighted by Crippen LogP contribution is -2.07. The van der Waals surface area contributed by atoms with Crippen LogP contribution in [-0.2, 0) is 22.6 Å². The maximum Gasteiger partial charge on any atom is 0.172 e. The molecular formula is C14H17NO2. The molecule has 90 valence electrons. The SMILES string of the molecule is CCCc1cccc(COCC(=O)CC#N)c1. The van der Waals surface area contributed by atoms with Crippen LogP contribution < -0.4 is 0 Å². The average Bonchev–Trinajstić information content (AvgIpc) is 2.30. The minimum atomic E-state index is -0.169.